The van der Waals surface area contributed by atoms with E-state index in [-0.39, 0.29) is 35.5 Å². The van der Waals surface area contributed by atoms with Crippen LogP contribution in [-0.2, 0) is 23.9 Å². The molecule has 0 radical (unpaired) electrons. The van der Waals surface area contributed by atoms with Crippen LogP contribution in [-0.4, -0.2) is 15.6 Å². The number of pyridine rings is 1. The number of hydrogen-bond acceptors (Lipinski definition) is 3. The van der Waals surface area contributed by atoms with E-state index >= 15 is 0 Å². The number of carbonyl (C=O) groups excluding carboxylic acids is 1. The average Bonchev–Trinajstić information content (AvgIpc) is 3.49. The summed E-state index contributed by atoms with van der Waals surface area (Å²) in [7, 11) is 0. The van der Waals surface area contributed by atoms with Crippen LogP contribution in [0.4, 0.5) is 18.9 Å². The minimum absolute atomic E-state index is 0.00211. The zero-order valence-corrected chi connectivity index (χ0v) is 22.2. The Labute approximate surface area is 231 Å². The van der Waals surface area contributed by atoms with E-state index in [4.69, 9.17) is 0 Å². The normalized spacial score (nSPS) is 17.4. The largest absolute Gasteiger partial charge is 0.512 e. The topological polar surface area (TPSA) is 71.3 Å². The molecule has 5 rings (SSSR count). The van der Waals surface area contributed by atoms with Crippen molar-refractivity contribution in [2.24, 2.45) is 11.3 Å². The summed E-state index contributed by atoms with van der Waals surface area (Å²) in [5.41, 5.74) is 1.59. The van der Waals surface area contributed by atoms with Crippen LogP contribution in [0.5, 0.6) is 0 Å². The standard InChI is InChI=1S/C32H33F3N2O3/c1-21(38)31(15-16-31)18-23-5-4-8-27(17-23)36-30(40)29(24-6-2-3-7-24)25-11-9-22(10-12-25)19-37-20-26(32(33,34)35)13-14-28(37)39/h4-5,8-14,17,20,24,29,38H,1-3,6-7,15-16,18-19H2,(H,36,40). The summed E-state index contributed by atoms with van der Waals surface area (Å²) in [5.74, 6) is -0.0701. The SMILES string of the molecule is C=C(O)C1(Cc2cccc(NC(=O)C(c3ccc(Cn4cc(C(F)(F)F)ccc4=O)cc3)C3CCCC3)c2)CC1. The first-order chi connectivity index (χ1) is 19.0. The van der Waals surface area contributed by atoms with Crippen molar-refractivity contribution in [3.63, 3.8) is 0 Å². The highest BCUT2D eigenvalue weighted by Crippen LogP contribution is 2.52. The average molecular weight is 551 g/mol. The lowest BCUT2D eigenvalue weighted by atomic mass is 9.83. The summed E-state index contributed by atoms with van der Waals surface area (Å²) < 4.78 is 40.4. The van der Waals surface area contributed by atoms with E-state index in [0.717, 1.165) is 72.5 Å². The summed E-state index contributed by atoms with van der Waals surface area (Å²) in [6.07, 6.45) is 2.80. The second-order valence-electron chi connectivity index (χ2n) is 11.2. The summed E-state index contributed by atoms with van der Waals surface area (Å²) in [4.78, 5) is 25.8. The molecular formula is C32H33F3N2O3. The number of hydrogen-bond donors (Lipinski definition) is 2. The molecule has 1 amide bonds. The Hall–Kier alpha value is -3.81. The van der Waals surface area contributed by atoms with Crippen molar-refractivity contribution in [3.8, 4) is 0 Å². The Morgan fingerprint density at radius 1 is 1.05 bits per heavy atom. The third-order valence-electron chi connectivity index (χ3n) is 8.36. The van der Waals surface area contributed by atoms with E-state index in [1.165, 1.54) is 0 Å². The molecule has 5 nitrogen and oxygen atoms in total. The van der Waals surface area contributed by atoms with Gasteiger partial charge in [-0.25, -0.2) is 0 Å². The highest BCUT2D eigenvalue weighted by molar-refractivity contribution is 5.96. The van der Waals surface area contributed by atoms with E-state index in [9.17, 15) is 27.9 Å². The summed E-state index contributed by atoms with van der Waals surface area (Å²) in [6.45, 7) is 3.73. The Morgan fingerprint density at radius 3 is 2.38 bits per heavy atom. The zero-order chi connectivity index (χ0) is 28.5. The number of aliphatic hydroxyl groups excluding tert-OH is 1. The molecule has 1 atom stereocenters. The second-order valence-corrected chi connectivity index (χ2v) is 11.2. The molecule has 2 aromatic carbocycles. The molecule has 2 aliphatic carbocycles. The van der Waals surface area contributed by atoms with Crippen molar-refractivity contribution in [3.05, 3.63) is 112 Å². The zero-order valence-electron chi connectivity index (χ0n) is 22.2. The number of anilines is 1. The maximum atomic E-state index is 13.7. The molecule has 0 bridgehead atoms. The van der Waals surface area contributed by atoms with Crippen LogP contribution < -0.4 is 10.9 Å². The third-order valence-corrected chi connectivity index (χ3v) is 8.36. The van der Waals surface area contributed by atoms with Crippen molar-refractivity contribution in [1.29, 1.82) is 0 Å². The van der Waals surface area contributed by atoms with Gasteiger partial charge >= 0.3 is 6.18 Å². The van der Waals surface area contributed by atoms with Gasteiger partial charge in [0.2, 0.25) is 5.91 Å². The number of halogens is 3. The number of carbonyl (C=O) groups is 1. The molecule has 2 saturated carbocycles. The Morgan fingerprint density at radius 2 is 1.75 bits per heavy atom. The van der Waals surface area contributed by atoms with Gasteiger partial charge < -0.3 is 15.0 Å². The lowest BCUT2D eigenvalue weighted by Gasteiger charge is -2.24. The molecule has 1 aromatic heterocycles. The van der Waals surface area contributed by atoms with Crippen molar-refractivity contribution in [2.75, 3.05) is 5.32 Å². The number of aliphatic hydroxyl groups is 1. The van der Waals surface area contributed by atoms with Crippen molar-refractivity contribution in [2.45, 2.75) is 63.6 Å². The first-order valence-corrected chi connectivity index (χ1v) is 13.7. The molecule has 0 saturated heterocycles. The molecule has 2 fully saturated rings. The van der Waals surface area contributed by atoms with Gasteiger partial charge in [0.25, 0.3) is 5.56 Å². The monoisotopic (exact) mass is 550 g/mol. The maximum absolute atomic E-state index is 13.7. The van der Waals surface area contributed by atoms with E-state index in [1.54, 1.807) is 12.1 Å². The molecule has 1 unspecified atom stereocenters. The van der Waals surface area contributed by atoms with Gasteiger partial charge in [0.1, 0.15) is 0 Å². The van der Waals surface area contributed by atoms with Gasteiger partial charge in [0.15, 0.2) is 0 Å². The second kappa shape index (κ2) is 11.0. The molecular weight excluding hydrogens is 517 g/mol. The highest BCUT2D eigenvalue weighted by atomic mass is 19.4. The van der Waals surface area contributed by atoms with E-state index in [1.807, 2.05) is 36.4 Å². The smallest absolute Gasteiger partial charge is 0.417 e. The van der Waals surface area contributed by atoms with Gasteiger partial charge in [-0.15, -0.1) is 0 Å². The molecule has 40 heavy (non-hydrogen) atoms. The lowest BCUT2D eigenvalue weighted by Crippen LogP contribution is -2.26. The summed E-state index contributed by atoms with van der Waals surface area (Å²) >= 11 is 0. The molecule has 0 spiro atoms. The summed E-state index contributed by atoms with van der Waals surface area (Å²) in [6, 6.07) is 16.6. The molecule has 0 aliphatic heterocycles. The van der Waals surface area contributed by atoms with Crippen molar-refractivity contribution >= 4 is 11.6 Å². The van der Waals surface area contributed by atoms with Gasteiger partial charge in [-0.05, 0) is 72.9 Å². The summed E-state index contributed by atoms with van der Waals surface area (Å²) in [5, 5.41) is 13.1. The number of rotatable bonds is 9. The van der Waals surface area contributed by atoms with Crippen LogP contribution in [0.3, 0.4) is 0 Å². The van der Waals surface area contributed by atoms with Gasteiger partial charge in [0, 0.05) is 23.4 Å². The predicted molar refractivity (Wildman–Crippen MR) is 148 cm³/mol. The number of benzene rings is 2. The third kappa shape index (κ3) is 6.16. The Bertz CT molecular complexity index is 1450. The fraction of sp³-hybridized carbons (Fsp3) is 0.375. The minimum Gasteiger partial charge on any atom is -0.512 e. The van der Waals surface area contributed by atoms with Crippen LogP contribution in [0.2, 0.25) is 0 Å². The molecule has 2 aliphatic rings. The lowest BCUT2D eigenvalue weighted by molar-refractivity contribution is -0.138. The van der Waals surface area contributed by atoms with E-state index in [2.05, 4.69) is 11.9 Å². The number of amides is 1. The quantitative estimate of drug-likeness (QED) is 0.276. The number of nitrogens with zero attached hydrogens (tertiary/aromatic N) is 1. The minimum atomic E-state index is -4.53. The predicted octanol–water partition coefficient (Wildman–Crippen LogP) is 7.22. The first-order valence-electron chi connectivity index (χ1n) is 13.7. The fourth-order valence-electron chi connectivity index (χ4n) is 5.87. The highest BCUT2D eigenvalue weighted by Gasteiger charge is 2.45. The fourth-order valence-corrected chi connectivity index (χ4v) is 5.87. The maximum Gasteiger partial charge on any atom is 0.417 e. The van der Waals surface area contributed by atoms with Gasteiger partial charge in [-0.3, -0.25) is 9.59 Å². The Balaban J connectivity index is 1.33. The van der Waals surface area contributed by atoms with Gasteiger partial charge in [-0.1, -0.05) is 55.8 Å². The first kappa shape index (κ1) is 27.7. The molecule has 3 aromatic rings. The molecule has 1 heterocycles. The molecule has 210 valence electrons. The number of allylic oxidation sites excluding steroid dienone is 1. The van der Waals surface area contributed by atoms with Crippen molar-refractivity contribution < 1.29 is 23.1 Å². The Kier molecular flexibility index (Phi) is 7.62. The molecule has 8 heteroatoms. The van der Waals surface area contributed by atoms with Crippen LogP contribution in [0, 0.1) is 11.3 Å². The molecule has 2 N–H and O–H groups in total. The van der Waals surface area contributed by atoms with Gasteiger partial charge in [-0.2, -0.15) is 13.2 Å². The van der Waals surface area contributed by atoms with E-state index < -0.39 is 17.3 Å². The number of alkyl halides is 3. The van der Waals surface area contributed by atoms with E-state index in [0.29, 0.717) is 17.7 Å². The van der Waals surface area contributed by atoms with Gasteiger partial charge in [0.05, 0.1) is 23.8 Å². The van der Waals surface area contributed by atoms with Crippen LogP contribution in [0.25, 0.3) is 0 Å². The number of aromatic nitrogens is 1. The van der Waals surface area contributed by atoms with Crippen LogP contribution >= 0.6 is 0 Å². The number of nitrogens with one attached hydrogen (secondary N) is 1. The van der Waals surface area contributed by atoms with Crippen molar-refractivity contribution in [1.82, 2.24) is 4.57 Å². The van der Waals surface area contributed by atoms with Crippen LogP contribution in [0.1, 0.15) is 66.7 Å². The van der Waals surface area contributed by atoms with Crippen LogP contribution in [0.15, 0.2) is 84.0 Å².